The molecule has 184 valence electrons. The van der Waals surface area contributed by atoms with Crippen molar-refractivity contribution in [2.75, 3.05) is 12.5 Å². The number of benzene rings is 1. The molecule has 1 aliphatic rings. The molecule has 0 fully saturated rings. The molecule has 13 heteroatoms. The van der Waals surface area contributed by atoms with Crippen molar-refractivity contribution in [1.29, 1.82) is 5.26 Å². The molecule has 1 aliphatic heterocycles. The lowest BCUT2D eigenvalue weighted by molar-refractivity contribution is -0.0643. The zero-order chi connectivity index (χ0) is 25.5. The van der Waals surface area contributed by atoms with Gasteiger partial charge in [-0.05, 0) is 37.6 Å². The largest absolute Gasteiger partial charge is 0.485 e. The van der Waals surface area contributed by atoms with E-state index >= 15 is 0 Å². The summed E-state index contributed by atoms with van der Waals surface area (Å²) in [5.74, 6) is 0.365. The molecule has 11 nitrogen and oxygen atoms in total. The molecule has 0 saturated carbocycles. The van der Waals surface area contributed by atoms with Gasteiger partial charge in [-0.25, -0.2) is 0 Å². The lowest BCUT2D eigenvalue weighted by Crippen LogP contribution is -2.52. The Kier molecular flexibility index (Phi) is 6.94. The van der Waals surface area contributed by atoms with Crippen molar-refractivity contribution in [1.82, 2.24) is 4.57 Å². The number of hydrogen-bond acceptors (Lipinski definition) is 10. The Bertz CT molecular complexity index is 1420. The Labute approximate surface area is 197 Å². The molecule has 34 heavy (non-hydrogen) atoms. The van der Waals surface area contributed by atoms with Crippen LogP contribution in [0.25, 0.3) is 0 Å². The third-order valence-electron chi connectivity index (χ3n) is 5.26. The highest BCUT2D eigenvalue weighted by molar-refractivity contribution is 7.86. The monoisotopic (exact) mass is 512 g/mol. The molecule has 1 aromatic carbocycles. The second-order valence-electron chi connectivity index (χ2n) is 8.46. The lowest BCUT2D eigenvalue weighted by Gasteiger charge is -2.42. The first-order chi connectivity index (χ1) is 15.6. The number of aromatic nitrogens is 1. The van der Waals surface area contributed by atoms with Gasteiger partial charge in [-0.1, -0.05) is 0 Å². The first-order valence-electron chi connectivity index (χ1n) is 9.95. The Hall–Kier alpha value is -2.76. The Morgan fingerprint density at radius 2 is 1.68 bits per heavy atom. The number of aliphatic hydroxyl groups excluding tert-OH is 1. The molecule has 3 rings (SSSR count). The van der Waals surface area contributed by atoms with Crippen molar-refractivity contribution >= 4 is 20.2 Å². The van der Waals surface area contributed by atoms with Gasteiger partial charge in [-0.15, -0.1) is 0 Å². The summed E-state index contributed by atoms with van der Waals surface area (Å²) in [6.45, 7) is 2.25. The number of pyridine rings is 1. The molecule has 1 aromatic heterocycles. The fraction of sp³-hybridized carbons (Fsp3) is 0.429. The van der Waals surface area contributed by atoms with E-state index in [9.17, 15) is 32.0 Å². The Morgan fingerprint density at radius 1 is 1.09 bits per heavy atom. The summed E-state index contributed by atoms with van der Waals surface area (Å²) in [6.07, 6.45) is 1.73. The van der Waals surface area contributed by atoms with Crippen molar-refractivity contribution < 1.29 is 35.0 Å². The predicted molar refractivity (Wildman–Crippen MR) is 120 cm³/mol. The van der Waals surface area contributed by atoms with Crippen LogP contribution in [0, 0.1) is 11.3 Å². The molecule has 0 bridgehead atoms. The van der Waals surface area contributed by atoms with E-state index in [-0.39, 0.29) is 16.7 Å². The molecule has 2 heterocycles. The second-order valence-corrected chi connectivity index (χ2v) is 11.7. The average Bonchev–Trinajstić information content (AvgIpc) is 2.71. The van der Waals surface area contributed by atoms with Gasteiger partial charge in [0.2, 0.25) is 0 Å². The van der Waals surface area contributed by atoms with Gasteiger partial charge in [-0.3, -0.25) is 13.2 Å². The van der Waals surface area contributed by atoms with Crippen LogP contribution in [0.15, 0.2) is 35.3 Å². The molecular weight excluding hydrogens is 488 g/mol. The van der Waals surface area contributed by atoms with Crippen LogP contribution in [0.4, 0.5) is 0 Å². The summed E-state index contributed by atoms with van der Waals surface area (Å²) in [7, 11) is -7.72. The topological polar surface area (TPSA) is 162 Å². The lowest BCUT2D eigenvalue weighted by atomic mass is 9.85. The van der Waals surface area contributed by atoms with Crippen molar-refractivity contribution in [3.63, 3.8) is 0 Å². The summed E-state index contributed by atoms with van der Waals surface area (Å²) in [4.78, 5) is 13.1. The SMILES string of the molecule is CC1(C)Oc2ccc(C#N)cc2C(n2cc(COS(C)(=O)=O)c(COS(C)(=O)=O)cc2=O)C1O. The molecule has 0 aliphatic carbocycles. The first kappa shape index (κ1) is 25.9. The maximum Gasteiger partial charge on any atom is 0.264 e. The van der Waals surface area contributed by atoms with E-state index in [4.69, 9.17) is 13.1 Å². The number of nitriles is 1. The summed E-state index contributed by atoms with van der Waals surface area (Å²) in [5.41, 5.74) is -0.822. The molecule has 0 radical (unpaired) electrons. The quantitative estimate of drug-likeness (QED) is 0.525. The molecule has 0 spiro atoms. The zero-order valence-corrected chi connectivity index (χ0v) is 20.5. The van der Waals surface area contributed by atoms with E-state index in [0.717, 1.165) is 18.6 Å². The molecular formula is C21H24N2O9S2. The normalized spacial score (nSPS) is 19.6. The molecule has 2 aromatic rings. The third kappa shape index (κ3) is 5.83. The number of fused-ring (bicyclic) bond motifs is 1. The third-order valence-corrected chi connectivity index (χ3v) is 6.35. The standard InChI is InChI=1S/C21H24N2O9S2/c1-21(2)20(25)19(16-7-13(9-22)5-6-17(16)32-21)23-10-15(12-31-34(4,28)29)14(8-18(23)24)11-30-33(3,26)27/h5-8,10,19-20,25H,11-12H2,1-4H3. The van der Waals surface area contributed by atoms with Gasteiger partial charge < -0.3 is 14.4 Å². The predicted octanol–water partition coefficient (Wildman–Crippen LogP) is 0.794. The van der Waals surface area contributed by atoms with Gasteiger partial charge >= 0.3 is 0 Å². The summed E-state index contributed by atoms with van der Waals surface area (Å²) >= 11 is 0. The highest BCUT2D eigenvalue weighted by Crippen LogP contribution is 2.42. The van der Waals surface area contributed by atoms with E-state index in [1.165, 1.54) is 16.8 Å². The van der Waals surface area contributed by atoms with E-state index < -0.39 is 56.8 Å². The van der Waals surface area contributed by atoms with E-state index in [2.05, 4.69) is 0 Å². The van der Waals surface area contributed by atoms with E-state index in [0.29, 0.717) is 11.3 Å². The zero-order valence-electron chi connectivity index (χ0n) is 18.9. The minimum atomic E-state index is -3.87. The molecule has 0 saturated heterocycles. The number of hydrogen-bond donors (Lipinski definition) is 1. The second kappa shape index (κ2) is 9.12. The van der Waals surface area contributed by atoms with Crippen LogP contribution in [-0.2, 0) is 41.8 Å². The van der Waals surface area contributed by atoms with Gasteiger partial charge in [-0.2, -0.15) is 22.1 Å². The van der Waals surface area contributed by atoms with Crippen LogP contribution < -0.4 is 10.3 Å². The van der Waals surface area contributed by atoms with Crippen LogP contribution >= 0.6 is 0 Å². The Balaban J connectivity index is 2.20. The van der Waals surface area contributed by atoms with Gasteiger partial charge in [0, 0.05) is 23.4 Å². The summed E-state index contributed by atoms with van der Waals surface area (Å²) in [5, 5.41) is 20.4. The fourth-order valence-corrected chi connectivity index (χ4v) is 4.27. The molecule has 2 atom stereocenters. The minimum Gasteiger partial charge on any atom is -0.485 e. The van der Waals surface area contributed by atoms with Crippen LogP contribution in [0.3, 0.4) is 0 Å². The number of aliphatic hydroxyl groups is 1. The number of rotatable bonds is 7. The minimum absolute atomic E-state index is 0.0992. The van der Waals surface area contributed by atoms with Gasteiger partial charge in [0.05, 0.1) is 43.4 Å². The average molecular weight is 513 g/mol. The maximum absolute atomic E-state index is 13.1. The van der Waals surface area contributed by atoms with Crippen molar-refractivity contribution in [3.05, 3.63) is 63.1 Å². The van der Waals surface area contributed by atoms with Crippen molar-refractivity contribution in [3.8, 4) is 11.8 Å². The summed E-state index contributed by atoms with van der Waals surface area (Å²) in [6, 6.07) is 6.71. The number of ether oxygens (including phenoxy) is 1. The smallest absolute Gasteiger partial charge is 0.264 e. The maximum atomic E-state index is 13.1. The highest BCUT2D eigenvalue weighted by Gasteiger charge is 2.44. The van der Waals surface area contributed by atoms with Crippen LogP contribution in [0.1, 0.15) is 42.1 Å². The fourth-order valence-electron chi connectivity index (χ4n) is 3.59. The molecule has 0 amide bonds. The van der Waals surface area contributed by atoms with E-state index in [1.54, 1.807) is 26.0 Å². The Morgan fingerprint density at radius 3 is 2.24 bits per heavy atom. The van der Waals surface area contributed by atoms with Crippen LogP contribution in [0.2, 0.25) is 0 Å². The van der Waals surface area contributed by atoms with Crippen LogP contribution in [0.5, 0.6) is 5.75 Å². The van der Waals surface area contributed by atoms with Gasteiger partial charge in [0.15, 0.2) is 0 Å². The van der Waals surface area contributed by atoms with Gasteiger partial charge in [0.25, 0.3) is 25.8 Å². The molecule has 2 unspecified atom stereocenters. The highest BCUT2D eigenvalue weighted by atomic mass is 32.2. The first-order valence-corrected chi connectivity index (χ1v) is 13.6. The molecule has 1 N–H and O–H groups in total. The number of nitrogens with zero attached hydrogens (tertiary/aromatic N) is 2. The van der Waals surface area contributed by atoms with Crippen molar-refractivity contribution in [2.24, 2.45) is 0 Å². The summed E-state index contributed by atoms with van der Waals surface area (Å²) < 4.78 is 62.7. The van der Waals surface area contributed by atoms with E-state index in [1.807, 2.05) is 6.07 Å². The van der Waals surface area contributed by atoms with Crippen molar-refractivity contribution in [2.45, 2.75) is 44.8 Å². The van der Waals surface area contributed by atoms with Crippen LogP contribution in [-0.4, -0.2) is 50.7 Å². The van der Waals surface area contributed by atoms with Gasteiger partial charge in [0.1, 0.15) is 17.5 Å².